The summed E-state index contributed by atoms with van der Waals surface area (Å²) < 4.78 is 2.17. The summed E-state index contributed by atoms with van der Waals surface area (Å²) >= 11 is 0. The summed E-state index contributed by atoms with van der Waals surface area (Å²) in [5, 5.41) is 3.77. The molecule has 0 N–H and O–H groups in total. The van der Waals surface area contributed by atoms with E-state index in [1.807, 2.05) is 91.1 Å². The molecule has 0 aliphatic heterocycles. The molecule has 8 rings (SSSR count). The van der Waals surface area contributed by atoms with Gasteiger partial charge in [-0.15, -0.1) is 59.5 Å². The van der Waals surface area contributed by atoms with Gasteiger partial charge in [0.05, 0.1) is 19.1 Å². The molecule has 0 bridgehead atoms. The van der Waals surface area contributed by atoms with Crippen molar-refractivity contribution in [2.45, 2.75) is 19.6 Å². The van der Waals surface area contributed by atoms with E-state index in [1.54, 1.807) is 0 Å². The first kappa shape index (κ1) is 39.0. The number of imidazole rings is 1. The maximum Gasteiger partial charge on any atom is 0.0795 e. The molecule has 6 aromatic carbocycles. The van der Waals surface area contributed by atoms with Crippen molar-refractivity contribution < 1.29 is 52.8 Å². The van der Waals surface area contributed by atoms with Gasteiger partial charge in [0, 0.05) is 73.1 Å². The zero-order chi connectivity index (χ0) is 32.2. The Morgan fingerprint density at radius 3 is 2.08 bits per heavy atom. The number of nitrogens with zero attached hydrogens (tertiary/aromatic N) is 3. The van der Waals surface area contributed by atoms with E-state index >= 15 is 0 Å². The summed E-state index contributed by atoms with van der Waals surface area (Å²) in [4.78, 5) is 9.45. The molecule has 243 valence electrons. The predicted molar refractivity (Wildman–Crippen MR) is 203 cm³/mol. The van der Waals surface area contributed by atoms with Crippen molar-refractivity contribution in [2.75, 3.05) is 0 Å². The Morgan fingerprint density at radius 2 is 1.36 bits per heavy atom. The van der Waals surface area contributed by atoms with Gasteiger partial charge in [-0.2, -0.15) is 5.56 Å². The van der Waals surface area contributed by atoms with Crippen LogP contribution in [-0.2, 0) is 52.8 Å². The van der Waals surface area contributed by atoms with Gasteiger partial charge in [-0.05, 0) is 41.0 Å². The first-order valence-electron chi connectivity index (χ1n) is 15.8. The van der Waals surface area contributed by atoms with Gasteiger partial charge in [-0.1, -0.05) is 91.8 Å². The van der Waals surface area contributed by atoms with Gasteiger partial charge in [0.25, 0.3) is 0 Å². The molecule has 0 unspecified atom stereocenters. The molecule has 0 fully saturated rings. The Morgan fingerprint density at radius 1 is 0.640 bits per heavy atom. The van der Waals surface area contributed by atoms with Crippen LogP contribution in [0.2, 0.25) is 19.6 Å². The molecular formula is C43H33BIrN3SiY-4. The average molecular weight is 912 g/mol. The van der Waals surface area contributed by atoms with Crippen molar-refractivity contribution in [2.24, 2.45) is 0 Å². The molecule has 8 aromatic rings. The largest absolute Gasteiger partial charge is 0.374 e. The third kappa shape index (κ3) is 8.75. The fourth-order valence-corrected chi connectivity index (χ4v) is 6.60. The van der Waals surface area contributed by atoms with Gasteiger partial charge < -0.3 is 20.6 Å². The number of hydrogen-bond donors (Lipinski definition) is 0. The van der Waals surface area contributed by atoms with E-state index in [4.69, 9.17) is 4.98 Å². The third-order valence-electron chi connectivity index (χ3n) is 8.12. The molecule has 2 aromatic heterocycles. The van der Waals surface area contributed by atoms with Crippen LogP contribution < -0.4 is 5.19 Å². The van der Waals surface area contributed by atoms with Gasteiger partial charge in [-0.25, -0.2) is 6.07 Å². The molecule has 0 atom stereocenters. The Kier molecular flexibility index (Phi) is 13.6. The van der Waals surface area contributed by atoms with E-state index in [1.165, 1.54) is 16.0 Å². The Bertz CT molecular complexity index is 2290. The topological polar surface area (TPSA) is 30.7 Å². The number of benzene rings is 6. The van der Waals surface area contributed by atoms with Gasteiger partial charge in [-0.3, -0.25) is 23.3 Å². The average Bonchev–Trinajstić information content (AvgIpc) is 3.52. The van der Waals surface area contributed by atoms with Crippen molar-refractivity contribution in [1.82, 2.24) is 14.5 Å². The molecule has 0 aliphatic rings. The second-order valence-corrected chi connectivity index (χ2v) is 17.5. The van der Waals surface area contributed by atoms with Crippen LogP contribution in [0.5, 0.6) is 0 Å². The van der Waals surface area contributed by atoms with Crippen molar-refractivity contribution in [3.8, 4) is 39.5 Å². The van der Waals surface area contributed by atoms with E-state index in [-0.39, 0.29) is 61.2 Å². The summed E-state index contributed by atoms with van der Waals surface area (Å²) in [5.41, 5.74) is 7.96. The molecule has 5 radical (unpaired) electrons. The normalized spacial score (nSPS) is 10.6. The zero-order valence-corrected chi connectivity index (χ0v) is 34.4. The van der Waals surface area contributed by atoms with Gasteiger partial charge in [0.2, 0.25) is 0 Å². The summed E-state index contributed by atoms with van der Waals surface area (Å²) in [6.45, 7) is 7.00. The molecule has 7 heteroatoms. The van der Waals surface area contributed by atoms with Crippen LogP contribution in [0.25, 0.3) is 61.3 Å². The number of aromatic nitrogens is 3. The smallest absolute Gasteiger partial charge is 0.0795 e. The van der Waals surface area contributed by atoms with Gasteiger partial charge in [0.1, 0.15) is 0 Å². The summed E-state index contributed by atoms with van der Waals surface area (Å²) in [6.07, 6.45) is 2.02. The summed E-state index contributed by atoms with van der Waals surface area (Å²) in [6, 6.07) is 60.7. The maximum absolute atomic E-state index is 4.93. The molecule has 2 heterocycles. The number of rotatable bonds is 5. The second kappa shape index (κ2) is 17.4. The predicted octanol–water partition coefficient (Wildman–Crippen LogP) is 9.62. The Labute approximate surface area is 337 Å². The van der Waals surface area contributed by atoms with Crippen LogP contribution in [0.4, 0.5) is 0 Å². The van der Waals surface area contributed by atoms with Crippen molar-refractivity contribution in [1.29, 1.82) is 0 Å². The molecule has 0 aliphatic carbocycles. The zero-order valence-electron chi connectivity index (χ0n) is 28.2. The van der Waals surface area contributed by atoms with Gasteiger partial charge >= 0.3 is 0 Å². The molecule has 50 heavy (non-hydrogen) atoms. The quantitative estimate of drug-likeness (QED) is 0.127. The SMILES string of the molecule is C[Si](C)(C)c1ccc(-c2[c-]cccc2)nc1.[B].[Ir].[Y].[c-]1ccc(-c2[c-]cc3ccccc3c2)[c-]c1-c1nc2ccccc2n1-c1ccccc1. The summed E-state index contributed by atoms with van der Waals surface area (Å²) in [7, 11) is -1.23. The van der Waals surface area contributed by atoms with Crippen LogP contribution in [0.1, 0.15) is 0 Å². The Hall–Kier alpha value is -3.76. The van der Waals surface area contributed by atoms with E-state index in [0.717, 1.165) is 50.5 Å². The maximum atomic E-state index is 4.93. The van der Waals surface area contributed by atoms with E-state index in [2.05, 4.69) is 108 Å². The minimum atomic E-state index is -1.23. The molecule has 3 nitrogen and oxygen atoms in total. The van der Waals surface area contributed by atoms with Crippen molar-refractivity contribution in [3.63, 3.8) is 0 Å². The number of fused-ring (bicyclic) bond motifs is 2. The standard InChI is InChI=1S/C29H17N2.C14H16NSi.B.Ir.Y/c1-2-13-26(14-3-1)31-28-16-7-6-15-27(28)30-29(31)25-12-8-11-23(20-25)24-18-17-21-9-4-5-10-22(21)19-24;1-16(2,3)13-9-10-14(15-11-13)12-7-5-4-6-8-12;;;/h1-11,13-17,19H;4-7,9-11H,1-3H3;;;/q-3;-1;;;. The molecule has 0 spiro atoms. The molecule has 0 saturated heterocycles. The monoisotopic (exact) mass is 912 g/mol. The molecule has 0 saturated carbocycles. The van der Waals surface area contributed by atoms with E-state index < -0.39 is 8.07 Å². The van der Waals surface area contributed by atoms with Crippen molar-refractivity contribution >= 4 is 43.5 Å². The molecule has 0 amide bonds. The van der Waals surface area contributed by atoms with Crippen LogP contribution in [0.15, 0.2) is 146 Å². The van der Waals surface area contributed by atoms with Gasteiger partial charge in [0.15, 0.2) is 0 Å². The number of pyridine rings is 1. The second-order valence-electron chi connectivity index (χ2n) is 12.4. The number of para-hydroxylation sites is 3. The fourth-order valence-electron chi connectivity index (χ4n) is 5.56. The van der Waals surface area contributed by atoms with E-state index in [0.29, 0.717) is 0 Å². The van der Waals surface area contributed by atoms with Crippen LogP contribution >= 0.6 is 0 Å². The first-order chi connectivity index (χ1) is 22.9. The minimum absolute atomic E-state index is 0. The Balaban J connectivity index is 0.000000254. The molecular weight excluding hydrogens is 879 g/mol. The minimum Gasteiger partial charge on any atom is -0.374 e. The van der Waals surface area contributed by atoms with Crippen molar-refractivity contribution in [3.05, 3.63) is 170 Å². The van der Waals surface area contributed by atoms with Crippen LogP contribution in [-0.4, -0.2) is 31.0 Å². The van der Waals surface area contributed by atoms with Crippen LogP contribution in [0, 0.1) is 24.3 Å². The first-order valence-corrected chi connectivity index (χ1v) is 19.3. The fraction of sp³-hybridized carbons (Fsp3) is 0.0698. The third-order valence-corrected chi connectivity index (χ3v) is 10.1. The van der Waals surface area contributed by atoms with Crippen LogP contribution in [0.3, 0.4) is 0 Å². The number of hydrogen-bond acceptors (Lipinski definition) is 2. The van der Waals surface area contributed by atoms with E-state index in [9.17, 15) is 0 Å². The summed E-state index contributed by atoms with van der Waals surface area (Å²) in [5.74, 6) is 0.829.